The number of benzene rings is 1. The lowest BCUT2D eigenvalue weighted by atomic mass is 10.1. The topological polar surface area (TPSA) is 57.6 Å². The highest BCUT2D eigenvalue weighted by Gasteiger charge is 2.14. The van der Waals surface area contributed by atoms with Crippen LogP contribution < -0.4 is 10.5 Å². The van der Waals surface area contributed by atoms with E-state index in [4.69, 9.17) is 19.6 Å². The quantitative estimate of drug-likeness (QED) is 0.819. The van der Waals surface area contributed by atoms with E-state index in [1.54, 1.807) is 7.11 Å². The van der Waals surface area contributed by atoms with Crippen molar-refractivity contribution < 1.29 is 13.9 Å². The molecule has 1 heterocycles. The van der Waals surface area contributed by atoms with Crippen LogP contribution >= 0.6 is 15.9 Å². The third-order valence-corrected chi connectivity index (χ3v) is 3.55. The zero-order valence-corrected chi connectivity index (χ0v) is 13.1. The minimum Gasteiger partial charge on any atom is -0.490 e. The van der Waals surface area contributed by atoms with Gasteiger partial charge in [-0.3, -0.25) is 0 Å². The van der Waals surface area contributed by atoms with E-state index in [0.717, 1.165) is 27.3 Å². The zero-order chi connectivity index (χ0) is 14.5. The monoisotopic (exact) mass is 339 g/mol. The number of nitrogens with two attached hydrogens (primary N) is 1. The third-order valence-electron chi connectivity index (χ3n) is 2.93. The van der Waals surface area contributed by atoms with Crippen molar-refractivity contribution in [1.29, 1.82) is 0 Å². The molecule has 0 fully saturated rings. The van der Waals surface area contributed by atoms with Crippen molar-refractivity contribution in [3.63, 3.8) is 0 Å². The van der Waals surface area contributed by atoms with Crippen LogP contribution in [0.25, 0.3) is 0 Å². The van der Waals surface area contributed by atoms with Gasteiger partial charge in [-0.25, -0.2) is 0 Å². The molecule has 2 rings (SSSR count). The van der Waals surface area contributed by atoms with Crippen LogP contribution in [-0.2, 0) is 4.74 Å². The molecule has 0 saturated carbocycles. The summed E-state index contributed by atoms with van der Waals surface area (Å²) in [7, 11) is 1.64. The van der Waals surface area contributed by atoms with E-state index in [1.165, 1.54) is 0 Å². The molecule has 108 valence electrons. The van der Waals surface area contributed by atoms with Crippen molar-refractivity contribution in [1.82, 2.24) is 0 Å². The van der Waals surface area contributed by atoms with Crippen molar-refractivity contribution in [2.75, 3.05) is 20.3 Å². The van der Waals surface area contributed by atoms with Crippen LogP contribution in [0, 0.1) is 6.92 Å². The van der Waals surface area contributed by atoms with Crippen LogP contribution in [0.15, 0.2) is 39.2 Å². The molecule has 20 heavy (non-hydrogen) atoms. The highest BCUT2D eigenvalue weighted by Crippen LogP contribution is 2.30. The minimum absolute atomic E-state index is 0.284. The fourth-order valence-electron chi connectivity index (χ4n) is 1.85. The van der Waals surface area contributed by atoms with Gasteiger partial charge in [-0.1, -0.05) is 6.07 Å². The summed E-state index contributed by atoms with van der Waals surface area (Å²) in [4.78, 5) is 0. The largest absolute Gasteiger partial charge is 0.490 e. The molecule has 1 aromatic heterocycles. The van der Waals surface area contributed by atoms with Crippen LogP contribution in [0.1, 0.15) is 23.1 Å². The standard InChI is InChI=1S/C15H18BrNO3/c1-10-3-5-14(20-10)15(17)11-4-6-13(12(16)9-11)19-8-7-18-2/h3-6,9,15H,7-8,17H2,1-2H3. The third kappa shape index (κ3) is 3.62. The lowest BCUT2D eigenvalue weighted by Crippen LogP contribution is -2.11. The highest BCUT2D eigenvalue weighted by atomic mass is 79.9. The second kappa shape index (κ2) is 6.92. The van der Waals surface area contributed by atoms with Gasteiger partial charge in [0.05, 0.1) is 17.1 Å². The maximum absolute atomic E-state index is 6.19. The Morgan fingerprint density at radius 3 is 2.65 bits per heavy atom. The molecule has 5 heteroatoms. The molecular formula is C15H18BrNO3. The first-order chi connectivity index (χ1) is 9.61. The Kier molecular flexibility index (Phi) is 5.23. The van der Waals surface area contributed by atoms with Crippen LogP contribution in [0.2, 0.25) is 0 Å². The Morgan fingerprint density at radius 1 is 1.25 bits per heavy atom. The van der Waals surface area contributed by atoms with Gasteiger partial charge >= 0.3 is 0 Å². The van der Waals surface area contributed by atoms with E-state index in [0.29, 0.717) is 13.2 Å². The van der Waals surface area contributed by atoms with Crippen LogP contribution in [-0.4, -0.2) is 20.3 Å². The lowest BCUT2D eigenvalue weighted by molar-refractivity contribution is 0.146. The van der Waals surface area contributed by atoms with Crippen molar-refractivity contribution in [2.45, 2.75) is 13.0 Å². The Morgan fingerprint density at radius 2 is 2.05 bits per heavy atom. The molecule has 0 aliphatic carbocycles. The first kappa shape index (κ1) is 15.1. The summed E-state index contributed by atoms with van der Waals surface area (Å²) in [6, 6.07) is 9.31. The fourth-order valence-corrected chi connectivity index (χ4v) is 2.36. The number of methoxy groups -OCH3 is 1. The lowest BCUT2D eigenvalue weighted by Gasteiger charge is -2.13. The smallest absolute Gasteiger partial charge is 0.133 e. The average Bonchev–Trinajstić information content (AvgIpc) is 2.86. The van der Waals surface area contributed by atoms with E-state index >= 15 is 0 Å². The normalized spacial score (nSPS) is 12.4. The first-order valence-corrected chi connectivity index (χ1v) is 7.14. The molecule has 1 aromatic carbocycles. The Bertz CT molecular complexity index is 568. The molecule has 0 aliphatic heterocycles. The molecule has 0 spiro atoms. The summed E-state index contributed by atoms with van der Waals surface area (Å²) in [5.41, 5.74) is 7.16. The van der Waals surface area contributed by atoms with Gasteiger partial charge in [-0.15, -0.1) is 0 Å². The number of furan rings is 1. The molecule has 4 nitrogen and oxygen atoms in total. The van der Waals surface area contributed by atoms with Gasteiger partial charge in [0.1, 0.15) is 23.9 Å². The summed E-state index contributed by atoms with van der Waals surface area (Å²) in [6.07, 6.45) is 0. The summed E-state index contributed by atoms with van der Waals surface area (Å²) in [5, 5.41) is 0. The molecule has 0 amide bonds. The van der Waals surface area contributed by atoms with Crippen LogP contribution in [0.4, 0.5) is 0 Å². The molecule has 0 bridgehead atoms. The molecule has 0 saturated heterocycles. The number of aryl methyl sites for hydroxylation is 1. The Hall–Kier alpha value is -1.30. The second-order valence-corrected chi connectivity index (χ2v) is 5.31. The first-order valence-electron chi connectivity index (χ1n) is 6.35. The number of hydrogen-bond donors (Lipinski definition) is 1. The van der Waals surface area contributed by atoms with Crippen molar-refractivity contribution in [3.8, 4) is 5.75 Å². The molecule has 2 N–H and O–H groups in total. The molecule has 1 atom stereocenters. The van der Waals surface area contributed by atoms with E-state index in [1.807, 2.05) is 37.3 Å². The number of ether oxygens (including phenoxy) is 2. The van der Waals surface area contributed by atoms with Gasteiger partial charge in [0.15, 0.2) is 0 Å². The van der Waals surface area contributed by atoms with Crippen molar-refractivity contribution in [2.24, 2.45) is 5.73 Å². The summed E-state index contributed by atoms with van der Waals surface area (Å²) in [5.74, 6) is 2.38. The number of rotatable bonds is 6. The maximum Gasteiger partial charge on any atom is 0.133 e. The average molecular weight is 340 g/mol. The van der Waals surface area contributed by atoms with Crippen molar-refractivity contribution in [3.05, 3.63) is 51.9 Å². The fraction of sp³-hybridized carbons (Fsp3) is 0.333. The van der Waals surface area contributed by atoms with Gasteiger partial charge in [-0.2, -0.15) is 0 Å². The molecular weight excluding hydrogens is 322 g/mol. The SMILES string of the molecule is COCCOc1ccc(C(N)c2ccc(C)o2)cc1Br. The van der Waals surface area contributed by atoms with Gasteiger partial charge in [0.25, 0.3) is 0 Å². The van der Waals surface area contributed by atoms with Gasteiger partial charge in [0.2, 0.25) is 0 Å². The van der Waals surface area contributed by atoms with Gasteiger partial charge < -0.3 is 19.6 Å². The maximum atomic E-state index is 6.19. The minimum atomic E-state index is -0.284. The molecule has 2 aromatic rings. The van der Waals surface area contributed by atoms with Gasteiger partial charge in [0, 0.05) is 7.11 Å². The Labute approximate surface area is 127 Å². The van der Waals surface area contributed by atoms with E-state index in [-0.39, 0.29) is 6.04 Å². The summed E-state index contributed by atoms with van der Waals surface area (Å²) >= 11 is 3.49. The van der Waals surface area contributed by atoms with Crippen LogP contribution in [0.3, 0.4) is 0 Å². The van der Waals surface area contributed by atoms with Gasteiger partial charge in [-0.05, 0) is 52.7 Å². The highest BCUT2D eigenvalue weighted by molar-refractivity contribution is 9.10. The second-order valence-electron chi connectivity index (χ2n) is 4.46. The summed E-state index contributed by atoms with van der Waals surface area (Å²) < 4.78 is 17.0. The van der Waals surface area contributed by atoms with Crippen LogP contribution in [0.5, 0.6) is 5.75 Å². The van der Waals surface area contributed by atoms with E-state index in [2.05, 4.69) is 15.9 Å². The predicted molar refractivity (Wildman–Crippen MR) is 81.0 cm³/mol. The Balaban J connectivity index is 2.12. The summed E-state index contributed by atoms with van der Waals surface area (Å²) in [6.45, 7) is 2.97. The zero-order valence-electron chi connectivity index (χ0n) is 11.6. The molecule has 1 unspecified atom stereocenters. The number of halogens is 1. The van der Waals surface area contributed by atoms with E-state index in [9.17, 15) is 0 Å². The molecule has 0 radical (unpaired) electrons. The predicted octanol–water partition coefficient (Wildman–Crippen LogP) is 3.42. The van der Waals surface area contributed by atoms with E-state index < -0.39 is 0 Å². The number of hydrogen-bond acceptors (Lipinski definition) is 4. The molecule has 0 aliphatic rings. The van der Waals surface area contributed by atoms with Crippen molar-refractivity contribution >= 4 is 15.9 Å².